The van der Waals surface area contributed by atoms with Crippen molar-refractivity contribution in [3.63, 3.8) is 0 Å². The van der Waals surface area contributed by atoms with Crippen molar-refractivity contribution < 1.29 is 12.8 Å². The van der Waals surface area contributed by atoms with Crippen molar-refractivity contribution in [2.24, 2.45) is 5.73 Å². The summed E-state index contributed by atoms with van der Waals surface area (Å²) in [6.45, 7) is 6.22. The number of hydrogen-bond acceptors (Lipinski definition) is 3. The third-order valence-electron chi connectivity index (χ3n) is 2.70. The number of rotatable bonds is 4. The van der Waals surface area contributed by atoms with Crippen LogP contribution in [0.25, 0.3) is 0 Å². The summed E-state index contributed by atoms with van der Waals surface area (Å²) in [5.41, 5.74) is 5.12. The molecule has 0 saturated heterocycles. The van der Waals surface area contributed by atoms with E-state index in [1.807, 2.05) is 0 Å². The fourth-order valence-electron chi connectivity index (χ4n) is 1.76. The summed E-state index contributed by atoms with van der Waals surface area (Å²) in [5.74, 6) is -0.470. The van der Waals surface area contributed by atoms with Crippen LogP contribution in [0.3, 0.4) is 0 Å². The largest absolute Gasteiger partial charge is 0.392 e. The molecule has 0 aliphatic rings. The van der Waals surface area contributed by atoms with E-state index < -0.39 is 21.4 Å². The van der Waals surface area contributed by atoms with Gasteiger partial charge in [-0.25, -0.2) is 12.8 Å². The Balaban J connectivity index is 3.34. The van der Waals surface area contributed by atoms with Gasteiger partial charge >= 0.3 is 0 Å². The second kappa shape index (κ2) is 5.15. The van der Waals surface area contributed by atoms with Gasteiger partial charge in [-0.05, 0) is 51.0 Å². The van der Waals surface area contributed by atoms with Crippen molar-refractivity contribution in [3.05, 3.63) is 29.1 Å². The summed E-state index contributed by atoms with van der Waals surface area (Å²) in [4.78, 5) is 0.0896. The highest BCUT2D eigenvalue weighted by molar-refractivity contribution is 7.89. The minimum absolute atomic E-state index is 0.0356. The summed E-state index contributed by atoms with van der Waals surface area (Å²) >= 11 is 4.83. The molecular weight excluding hydrogens is 287 g/mol. The summed E-state index contributed by atoms with van der Waals surface area (Å²) in [7, 11) is -3.83. The zero-order valence-electron chi connectivity index (χ0n) is 11.2. The Bertz CT molecular complexity index is 602. The standard InChI is InChI=1S/C12H17FN2O2S2/c1-7-5-9(13)6-8(2)10(7)19(16,17)15-12(3,4)11(14)18/h5-6,15H,1-4H3,(H2,14,18). The molecule has 1 aromatic carbocycles. The van der Waals surface area contributed by atoms with Crippen molar-refractivity contribution in [1.82, 2.24) is 4.72 Å². The van der Waals surface area contributed by atoms with Gasteiger partial charge in [-0.2, -0.15) is 4.72 Å². The fourth-order valence-corrected chi connectivity index (χ4v) is 3.72. The second-order valence-corrected chi connectivity index (χ2v) is 7.02. The topological polar surface area (TPSA) is 72.2 Å². The molecule has 0 unspecified atom stereocenters. The van der Waals surface area contributed by atoms with E-state index in [2.05, 4.69) is 4.72 Å². The molecule has 7 heteroatoms. The molecule has 0 aromatic heterocycles. The first kappa shape index (κ1) is 16.0. The Hall–Kier alpha value is -1.05. The van der Waals surface area contributed by atoms with Gasteiger partial charge in [0.15, 0.2) is 0 Å². The van der Waals surface area contributed by atoms with Gasteiger partial charge in [0, 0.05) is 0 Å². The van der Waals surface area contributed by atoms with Crippen molar-refractivity contribution >= 4 is 27.2 Å². The van der Waals surface area contributed by atoms with E-state index in [1.165, 1.54) is 12.1 Å². The molecule has 0 aliphatic carbocycles. The first-order valence-electron chi connectivity index (χ1n) is 5.58. The number of sulfonamides is 1. The lowest BCUT2D eigenvalue weighted by Gasteiger charge is -2.25. The van der Waals surface area contributed by atoms with E-state index in [-0.39, 0.29) is 9.88 Å². The Kier molecular flexibility index (Phi) is 4.33. The number of halogens is 1. The normalized spacial score (nSPS) is 12.5. The molecule has 0 amide bonds. The smallest absolute Gasteiger partial charge is 0.241 e. The first-order chi connectivity index (χ1) is 8.47. The maximum atomic E-state index is 13.2. The average molecular weight is 304 g/mol. The highest BCUT2D eigenvalue weighted by Crippen LogP contribution is 2.22. The Morgan fingerprint density at radius 1 is 1.32 bits per heavy atom. The molecule has 3 N–H and O–H groups in total. The van der Waals surface area contributed by atoms with Crippen LogP contribution in [0.1, 0.15) is 25.0 Å². The fraction of sp³-hybridized carbons (Fsp3) is 0.417. The lowest BCUT2D eigenvalue weighted by molar-refractivity contribution is 0.544. The van der Waals surface area contributed by atoms with Gasteiger partial charge in [-0.15, -0.1) is 0 Å². The lowest BCUT2D eigenvalue weighted by atomic mass is 10.1. The molecule has 106 valence electrons. The minimum Gasteiger partial charge on any atom is -0.392 e. The highest BCUT2D eigenvalue weighted by atomic mass is 32.2. The molecule has 0 bridgehead atoms. The Morgan fingerprint density at radius 3 is 2.11 bits per heavy atom. The number of hydrogen-bond donors (Lipinski definition) is 2. The Labute approximate surface area is 118 Å². The van der Waals surface area contributed by atoms with Crippen molar-refractivity contribution in [1.29, 1.82) is 0 Å². The van der Waals surface area contributed by atoms with E-state index in [0.29, 0.717) is 11.1 Å². The third kappa shape index (κ3) is 3.49. The Morgan fingerprint density at radius 2 is 1.74 bits per heavy atom. The van der Waals surface area contributed by atoms with Gasteiger partial charge in [0.2, 0.25) is 10.0 Å². The zero-order chi connectivity index (χ0) is 15.0. The van der Waals surface area contributed by atoms with Crippen LogP contribution in [-0.4, -0.2) is 18.9 Å². The SMILES string of the molecule is Cc1cc(F)cc(C)c1S(=O)(=O)NC(C)(C)C(N)=S. The van der Waals surface area contributed by atoms with Crippen LogP contribution < -0.4 is 10.5 Å². The predicted molar refractivity (Wildman–Crippen MR) is 77.1 cm³/mol. The number of nitrogens with one attached hydrogen (secondary N) is 1. The molecule has 4 nitrogen and oxygen atoms in total. The van der Waals surface area contributed by atoms with Crippen LogP contribution in [0.15, 0.2) is 17.0 Å². The molecule has 0 radical (unpaired) electrons. The lowest BCUT2D eigenvalue weighted by Crippen LogP contribution is -2.52. The average Bonchev–Trinajstić information content (AvgIpc) is 2.12. The summed E-state index contributed by atoms with van der Waals surface area (Å²) < 4.78 is 40.4. The van der Waals surface area contributed by atoms with E-state index in [1.54, 1.807) is 27.7 Å². The van der Waals surface area contributed by atoms with Gasteiger partial charge in [0.25, 0.3) is 0 Å². The third-order valence-corrected chi connectivity index (χ3v) is 5.17. The molecule has 0 heterocycles. The molecule has 0 atom stereocenters. The van der Waals surface area contributed by atoms with Gasteiger partial charge in [-0.1, -0.05) is 12.2 Å². The van der Waals surface area contributed by atoms with Crippen LogP contribution in [0.2, 0.25) is 0 Å². The van der Waals surface area contributed by atoms with Crippen LogP contribution in [0.5, 0.6) is 0 Å². The molecule has 19 heavy (non-hydrogen) atoms. The van der Waals surface area contributed by atoms with Crippen molar-refractivity contribution in [3.8, 4) is 0 Å². The van der Waals surface area contributed by atoms with Crippen LogP contribution in [-0.2, 0) is 10.0 Å². The molecule has 0 saturated carbocycles. The zero-order valence-corrected chi connectivity index (χ0v) is 12.9. The van der Waals surface area contributed by atoms with E-state index in [9.17, 15) is 12.8 Å². The number of aryl methyl sites for hydroxylation is 2. The van der Waals surface area contributed by atoms with Crippen LogP contribution >= 0.6 is 12.2 Å². The summed E-state index contributed by atoms with van der Waals surface area (Å²) in [6, 6.07) is 2.35. The number of benzene rings is 1. The summed E-state index contributed by atoms with van der Waals surface area (Å²) in [6.07, 6.45) is 0. The molecule has 0 spiro atoms. The quantitative estimate of drug-likeness (QED) is 0.832. The number of nitrogens with two attached hydrogens (primary N) is 1. The van der Waals surface area contributed by atoms with Crippen LogP contribution in [0, 0.1) is 19.7 Å². The maximum absolute atomic E-state index is 13.2. The van der Waals surface area contributed by atoms with Crippen molar-refractivity contribution in [2.75, 3.05) is 0 Å². The summed E-state index contributed by atoms with van der Waals surface area (Å²) in [5, 5.41) is 0. The second-order valence-electron chi connectivity index (χ2n) is 4.96. The van der Waals surface area contributed by atoms with Gasteiger partial charge in [0.1, 0.15) is 5.82 Å². The maximum Gasteiger partial charge on any atom is 0.241 e. The molecular formula is C12H17FN2O2S2. The van der Waals surface area contributed by atoms with Gasteiger partial charge in [0.05, 0.1) is 15.4 Å². The predicted octanol–water partition coefficient (Wildman–Crippen LogP) is 1.79. The highest BCUT2D eigenvalue weighted by Gasteiger charge is 2.30. The van der Waals surface area contributed by atoms with Crippen LogP contribution in [0.4, 0.5) is 4.39 Å². The monoisotopic (exact) mass is 304 g/mol. The number of thiocarbonyl (C=S) groups is 1. The molecule has 0 fully saturated rings. The molecule has 1 rings (SSSR count). The van der Waals surface area contributed by atoms with Gasteiger partial charge in [-0.3, -0.25) is 0 Å². The molecule has 0 aliphatic heterocycles. The van der Waals surface area contributed by atoms with Crippen molar-refractivity contribution in [2.45, 2.75) is 38.1 Å². The minimum atomic E-state index is -3.83. The van der Waals surface area contributed by atoms with Gasteiger partial charge < -0.3 is 5.73 Å². The first-order valence-corrected chi connectivity index (χ1v) is 7.47. The molecule has 1 aromatic rings. The van der Waals surface area contributed by atoms with E-state index in [0.717, 1.165) is 0 Å². The van der Waals surface area contributed by atoms with E-state index >= 15 is 0 Å². The van der Waals surface area contributed by atoms with E-state index in [4.69, 9.17) is 18.0 Å².